The number of nitrogens with two attached hydrogens (primary N) is 1. The highest BCUT2D eigenvalue weighted by Crippen LogP contribution is 2.28. The van der Waals surface area contributed by atoms with Crippen molar-refractivity contribution in [2.45, 2.75) is 20.0 Å². The molecule has 0 aliphatic carbocycles. The fraction of sp³-hybridized carbons (Fsp3) is 0.400. The van der Waals surface area contributed by atoms with Gasteiger partial charge in [-0.2, -0.15) is 0 Å². The van der Waals surface area contributed by atoms with Crippen molar-refractivity contribution in [2.24, 2.45) is 5.73 Å². The van der Waals surface area contributed by atoms with Crippen LogP contribution in [-0.4, -0.2) is 11.7 Å². The second kappa shape index (κ2) is 4.38. The van der Waals surface area contributed by atoms with Crippen LogP contribution >= 0.6 is 15.9 Å². The zero-order chi connectivity index (χ0) is 10.9. The van der Waals surface area contributed by atoms with Crippen LogP contribution in [0.25, 0.3) is 0 Å². The number of rotatable bonds is 2. The third-order valence-electron chi connectivity index (χ3n) is 2.31. The minimum atomic E-state index is -0.804. The molecule has 4 heteroatoms. The minimum Gasteiger partial charge on any atom is -0.387 e. The molecule has 0 fully saturated rings. The lowest BCUT2D eigenvalue weighted by molar-refractivity contribution is 0.185. The molecule has 0 amide bonds. The maximum absolute atomic E-state index is 13.6. The van der Waals surface area contributed by atoms with Gasteiger partial charge in [0.1, 0.15) is 5.82 Å². The summed E-state index contributed by atoms with van der Waals surface area (Å²) >= 11 is 3.24. The molecule has 1 atom stereocenters. The zero-order valence-corrected chi connectivity index (χ0v) is 9.73. The van der Waals surface area contributed by atoms with E-state index in [9.17, 15) is 9.50 Å². The molecule has 0 saturated carbocycles. The molecule has 0 spiro atoms. The third-order valence-corrected chi connectivity index (χ3v) is 3.14. The van der Waals surface area contributed by atoms with Gasteiger partial charge in [-0.3, -0.25) is 0 Å². The molecule has 0 bridgehead atoms. The summed E-state index contributed by atoms with van der Waals surface area (Å²) in [5.74, 6) is -0.290. The standard InChI is InChI=1S/C10H13BrFNO/c1-5-7(9(14)4-13)3-8(11)6(2)10(5)12/h3,9,14H,4,13H2,1-2H3. The summed E-state index contributed by atoms with van der Waals surface area (Å²) in [6.45, 7) is 3.42. The molecule has 1 rings (SSSR count). The van der Waals surface area contributed by atoms with Crippen LogP contribution in [0.2, 0.25) is 0 Å². The molecule has 1 aromatic carbocycles. The summed E-state index contributed by atoms with van der Waals surface area (Å²) in [4.78, 5) is 0. The maximum Gasteiger partial charge on any atom is 0.130 e. The van der Waals surface area contributed by atoms with Crippen molar-refractivity contribution in [3.05, 3.63) is 33.0 Å². The van der Waals surface area contributed by atoms with Crippen LogP contribution in [0.15, 0.2) is 10.5 Å². The Bertz CT molecular complexity index is 354. The van der Waals surface area contributed by atoms with Gasteiger partial charge in [-0.05, 0) is 36.6 Å². The van der Waals surface area contributed by atoms with E-state index in [1.807, 2.05) is 0 Å². The van der Waals surface area contributed by atoms with E-state index >= 15 is 0 Å². The highest BCUT2D eigenvalue weighted by atomic mass is 79.9. The zero-order valence-electron chi connectivity index (χ0n) is 8.14. The van der Waals surface area contributed by atoms with E-state index in [1.54, 1.807) is 19.9 Å². The van der Waals surface area contributed by atoms with E-state index in [-0.39, 0.29) is 12.4 Å². The van der Waals surface area contributed by atoms with Crippen LogP contribution in [0.1, 0.15) is 22.8 Å². The highest BCUT2D eigenvalue weighted by Gasteiger charge is 2.15. The second-order valence-electron chi connectivity index (χ2n) is 3.26. The average Bonchev–Trinajstić information content (AvgIpc) is 2.19. The van der Waals surface area contributed by atoms with Crippen LogP contribution in [0.3, 0.4) is 0 Å². The molecule has 1 unspecified atom stereocenters. The van der Waals surface area contributed by atoms with Crippen LogP contribution in [0.5, 0.6) is 0 Å². The Morgan fingerprint density at radius 1 is 1.50 bits per heavy atom. The van der Waals surface area contributed by atoms with Gasteiger partial charge in [0.05, 0.1) is 6.10 Å². The molecular formula is C10H13BrFNO. The first kappa shape index (κ1) is 11.6. The van der Waals surface area contributed by atoms with Gasteiger partial charge < -0.3 is 10.8 Å². The van der Waals surface area contributed by atoms with Gasteiger partial charge in [-0.15, -0.1) is 0 Å². The molecule has 0 aromatic heterocycles. The second-order valence-corrected chi connectivity index (χ2v) is 4.12. The predicted molar refractivity (Wildman–Crippen MR) is 57.6 cm³/mol. The first-order chi connectivity index (χ1) is 6.49. The molecular weight excluding hydrogens is 249 g/mol. The van der Waals surface area contributed by atoms with Crippen molar-refractivity contribution in [3.63, 3.8) is 0 Å². The van der Waals surface area contributed by atoms with Crippen molar-refractivity contribution in [3.8, 4) is 0 Å². The molecule has 1 aromatic rings. The van der Waals surface area contributed by atoms with Gasteiger partial charge in [-0.25, -0.2) is 4.39 Å². The molecule has 3 N–H and O–H groups in total. The van der Waals surface area contributed by atoms with E-state index in [2.05, 4.69) is 15.9 Å². The fourth-order valence-corrected chi connectivity index (χ4v) is 1.76. The molecule has 0 heterocycles. The number of aliphatic hydroxyl groups excluding tert-OH is 1. The van der Waals surface area contributed by atoms with Crippen molar-refractivity contribution >= 4 is 15.9 Å². The van der Waals surface area contributed by atoms with Gasteiger partial charge in [0.25, 0.3) is 0 Å². The first-order valence-electron chi connectivity index (χ1n) is 4.32. The largest absolute Gasteiger partial charge is 0.387 e. The Hall–Kier alpha value is -0.450. The highest BCUT2D eigenvalue weighted by molar-refractivity contribution is 9.10. The van der Waals surface area contributed by atoms with Crippen molar-refractivity contribution in [1.29, 1.82) is 0 Å². The number of halogens is 2. The van der Waals surface area contributed by atoms with Crippen molar-refractivity contribution < 1.29 is 9.50 Å². The topological polar surface area (TPSA) is 46.2 Å². The lowest BCUT2D eigenvalue weighted by Crippen LogP contribution is -2.13. The number of benzene rings is 1. The van der Waals surface area contributed by atoms with Crippen molar-refractivity contribution in [2.75, 3.05) is 6.54 Å². The lowest BCUT2D eigenvalue weighted by Gasteiger charge is -2.14. The van der Waals surface area contributed by atoms with E-state index in [4.69, 9.17) is 5.73 Å². The van der Waals surface area contributed by atoms with E-state index < -0.39 is 6.10 Å². The van der Waals surface area contributed by atoms with Crippen LogP contribution in [0, 0.1) is 19.7 Å². The minimum absolute atomic E-state index is 0.0930. The van der Waals surface area contributed by atoms with Gasteiger partial charge in [-0.1, -0.05) is 15.9 Å². The van der Waals surface area contributed by atoms with Crippen LogP contribution in [-0.2, 0) is 0 Å². The van der Waals surface area contributed by atoms with E-state index in [0.717, 1.165) is 0 Å². The predicted octanol–water partition coefficient (Wildman–Crippen LogP) is 2.20. The number of hydrogen-bond donors (Lipinski definition) is 2. The fourth-order valence-electron chi connectivity index (χ4n) is 1.34. The molecule has 14 heavy (non-hydrogen) atoms. The first-order valence-corrected chi connectivity index (χ1v) is 5.11. The molecule has 0 radical (unpaired) electrons. The van der Waals surface area contributed by atoms with Gasteiger partial charge in [0, 0.05) is 11.0 Å². The molecule has 78 valence electrons. The average molecular weight is 262 g/mol. The summed E-state index contributed by atoms with van der Waals surface area (Å²) in [5.41, 5.74) is 6.88. The van der Waals surface area contributed by atoms with Crippen LogP contribution < -0.4 is 5.73 Å². The van der Waals surface area contributed by atoms with E-state index in [0.29, 0.717) is 21.2 Å². The summed E-state index contributed by atoms with van der Waals surface area (Å²) in [5, 5.41) is 9.54. The Balaban J connectivity index is 3.33. The SMILES string of the molecule is Cc1c(Br)cc(C(O)CN)c(C)c1F. The Morgan fingerprint density at radius 3 is 2.57 bits per heavy atom. The number of aliphatic hydroxyl groups is 1. The third kappa shape index (κ3) is 1.97. The Labute approximate surface area is 91.1 Å². The van der Waals surface area contributed by atoms with Gasteiger partial charge >= 0.3 is 0 Å². The summed E-state index contributed by atoms with van der Waals surface area (Å²) < 4.78 is 14.2. The normalized spacial score (nSPS) is 13.0. The van der Waals surface area contributed by atoms with Gasteiger partial charge in [0.15, 0.2) is 0 Å². The van der Waals surface area contributed by atoms with Gasteiger partial charge in [0.2, 0.25) is 0 Å². The summed E-state index contributed by atoms with van der Waals surface area (Å²) in [6.07, 6.45) is -0.804. The monoisotopic (exact) mass is 261 g/mol. The quantitative estimate of drug-likeness (QED) is 0.858. The number of hydrogen-bond acceptors (Lipinski definition) is 2. The van der Waals surface area contributed by atoms with E-state index in [1.165, 1.54) is 0 Å². The molecule has 0 aliphatic heterocycles. The Morgan fingerprint density at radius 2 is 2.07 bits per heavy atom. The van der Waals surface area contributed by atoms with Crippen LogP contribution in [0.4, 0.5) is 4.39 Å². The Kier molecular flexibility index (Phi) is 3.64. The molecule has 0 aliphatic rings. The van der Waals surface area contributed by atoms with Crippen molar-refractivity contribution in [1.82, 2.24) is 0 Å². The molecule has 2 nitrogen and oxygen atoms in total. The summed E-state index contributed by atoms with van der Waals surface area (Å²) in [6, 6.07) is 1.71. The summed E-state index contributed by atoms with van der Waals surface area (Å²) in [7, 11) is 0. The smallest absolute Gasteiger partial charge is 0.130 e. The maximum atomic E-state index is 13.6. The molecule has 0 saturated heterocycles. The lowest BCUT2D eigenvalue weighted by atomic mass is 10.0.